The van der Waals surface area contributed by atoms with E-state index in [9.17, 15) is 0 Å². The second-order valence-electron chi connectivity index (χ2n) is 3.73. The van der Waals surface area contributed by atoms with Crippen LogP contribution in [0.3, 0.4) is 0 Å². The highest BCUT2D eigenvalue weighted by Gasteiger charge is 2.15. The number of aryl methyl sites for hydroxylation is 1. The van der Waals surface area contributed by atoms with Gasteiger partial charge in [0.1, 0.15) is 11.9 Å². The van der Waals surface area contributed by atoms with Crippen LogP contribution in [0.1, 0.15) is 25.5 Å². The normalized spacial score (nSPS) is 11.4. The Bertz CT molecular complexity index is 427. The third-order valence-corrected chi connectivity index (χ3v) is 2.46. The molecule has 0 aliphatic carbocycles. The second-order valence-corrected chi connectivity index (χ2v) is 3.73. The molecule has 0 unspecified atom stereocenters. The van der Waals surface area contributed by atoms with Crippen molar-refractivity contribution < 1.29 is 4.40 Å². The number of hydrogen-bond acceptors (Lipinski definition) is 0. The number of hydrogen-bond donors (Lipinski definition) is 0. The molecule has 2 aromatic rings. The molecule has 0 fully saturated rings. The van der Waals surface area contributed by atoms with Crippen molar-refractivity contribution in [2.24, 2.45) is 7.05 Å². The minimum absolute atomic E-state index is 0.574. The number of fused-ring (bicyclic) bond motifs is 1. The molecule has 0 atom stereocenters. The van der Waals surface area contributed by atoms with Gasteiger partial charge in [-0.05, 0) is 6.07 Å². The molecule has 0 spiro atoms. The Balaban J connectivity index is 2.74. The Kier molecular flexibility index (Phi) is 1.83. The quantitative estimate of drug-likeness (QED) is 0.585. The summed E-state index contributed by atoms with van der Waals surface area (Å²) in [5.74, 6) is 0.574. The van der Waals surface area contributed by atoms with E-state index in [4.69, 9.17) is 0 Å². The molecule has 68 valence electrons. The van der Waals surface area contributed by atoms with E-state index in [2.05, 4.69) is 60.5 Å². The molecular weight excluding hydrogens is 160 g/mol. The molecular formula is C11H15N2+. The van der Waals surface area contributed by atoms with Crippen LogP contribution in [0.5, 0.6) is 0 Å². The Labute approximate surface area is 78.4 Å². The maximum Gasteiger partial charge on any atom is 0.286 e. The number of rotatable bonds is 1. The molecule has 0 aromatic carbocycles. The highest BCUT2D eigenvalue weighted by atomic mass is 15.1. The van der Waals surface area contributed by atoms with Gasteiger partial charge < -0.3 is 0 Å². The van der Waals surface area contributed by atoms with Crippen LogP contribution in [0, 0.1) is 0 Å². The van der Waals surface area contributed by atoms with Gasteiger partial charge in [0.15, 0.2) is 0 Å². The number of pyridine rings is 1. The van der Waals surface area contributed by atoms with Crippen molar-refractivity contribution in [2.45, 2.75) is 19.8 Å². The molecule has 2 nitrogen and oxygen atoms in total. The maximum atomic E-state index is 2.24. The van der Waals surface area contributed by atoms with Crippen molar-refractivity contribution in [2.75, 3.05) is 0 Å². The van der Waals surface area contributed by atoms with Crippen molar-refractivity contribution in [1.29, 1.82) is 0 Å². The first-order valence-electron chi connectivity index (χ1n) is 4.66. The lowest BCUT2D eigenvalue weighted by Gasteiger charge is -1.97. The molecule has 0 saturated carbocycles. The molecule has 0 saturated heterocycles. The van der Waals surface area contributed by atoms with Crippen LogP contribution in [0.25, 0.3) is 5.65 Å². The van der Waals surface area contributed by atoms with Crippen LogP contribution in [-0.2, 0) is 7.05 Å². The van der Waals surface area contributed by atoms with E-state index in [-0.39, 0.29) is 0 Å². The van der Waals surface area contributed by atoms with E-state index in [1.165, 1.54) is 11.3 Å². The van der Waals surface area contributed by atoms with Crippen molar-refractivity contribution in [3.8, 4) is 0 Å². The summed E-state index contributed by atoms with van der Waals surface area (Å²) in [4.78, 5) is 0. The Morgan fingerprint density at radius 2 is 2.08 bits per heavy atom. The highest BCUT2D eigenvalue weighted by Crippen LogP contribution is 2.13. The zero-order valence-electron chi connectivity index (χ0n) is 8.36. The average Bonchev–Trinajstić information content (AvgIpc) is 2.45. The van der Waals surface area contributed by atoms with Crippen molar-refractivity contribution in [3.05, 3.63) is 36.3 Å². The third-order valence-electron chi connectivity index (χ3n) is 2.46. The molecule has 2 aromatic heterocycles. The monoisotopic (exact) mass is 175 g/mol. The standard InChI is InChI=1S/C11H15N2/c1-9(2)10-8-13-7-5-4-6-11(13)12(10)3/h4-9H,1-3H3/q+1. The fraction of sp³-hybridized carbons (Fsp3) is 0.364. The maximum absolute atomic E-state index is 2.24. The number of nitrogens with zero attached hydrogens (tertiary/aromatic N) is 2. The summed E-state index contributed by atoms with van der Waals surface area (Å²) in [6.45, 7) is 4.43. The first-order valence-corrected chi connectivity index (χ1v) is 4.66. The summed E-state index contributed by atoms with van der Waals surface area (Å²) in [5, 5.41) is 0. The van der Waals surface area contributed by atoms with Crippen LogP contribution in [0.2, 0.25) is 0 Å². The van der Waals surface area contributed by atoms with Crippen molar-refractivity contribution in [1.82, 2.24) is 4.57 Å². The minimum Gasteiger partial charge on any atom is -0.230 e. The Morgan fingerprint density at radius 1 is 1.31 bits per heavy atom. The highest BCUT2D eigenvalue weighted by molar-refractivity contribution is 5.32. The van der Waals surface area contributed by atoms with Gasteiger partial charge in [0.2, 0.25) is 0 Å². The van der Waals surface area contributed by atoms with Gasteiger partial charge >= 0.3 is 0 Å². The molecule has 0 bridgehead atoms. The van der Waals surface area contributed by atoms with Gasteiger partial charge in [0, 0.05) is 12.0 Å². The Hall–Kier alpha value is -1.31. The van der Waals surface area contributed by atoms with E-state index in [0.717, 1.165) is 0 Å². The van der Waals surface area contributed by atoms with Crippen LogP contribution >= 0.6 is 0 Å². The topological polar surface area (TPSA) is 9.03 Å². The lowest BCUT2D eigenvalue weighted by atomic mass is 10.1. The first-order chi connectivity index (χ1) is 6.20. The lowest BCUT2D eigenvalue weighted by Crippen LogP contribution is -2.17. The van der Waals surface area contributed by atoms with Gasteiger partial charge in [-0.25, -0.2) is 8.97 Å². The van der Waals surface area contributed by atoms with Gasteiger partial charge in [-0.2, -0.15) is 0 Å². The summed E-state index contributed by atoms with van der Waals surface area (Å²) < 4.78 is 4.40. The van der Waals surface area contributed by atoms with Crippen LogP contribution in [-0.4, -0.2) is 4.57 Å². The molecule has 0 aliphatic rings. The third kappa shape index (κ3) is 1.22. The summed E-state index contributed by atoms with van der Waals surface area (Å²) in [5.41, 5.74) is 2.61. The molecule has 0 radical (unpaired) electrons. The van der Waals surface area contributed by atoms with Gasteiger partial charge in [0.05, 0.1) is 13.2 Å². The predicted octanol–water partition coefficient (Wildman–Crippen LogP) is 1.89. The molecule has 2 heterocycles. The summed E-state index contributed by atoms with van der Waals surface area (Å²) >= 11 is 0. The van der Waals surface area contributed by atoms with Gasteiger partial charge in [0.25, 0.3) is 5.65 Å². The van der Waals surface area contributed by atoms with E-state index >= 15 is 0 Å². The van der Waals surface area contributed by atoms with Gasteiger partial charge in [-0.3, -0.25) is 0 Å². The van der Waals surface area contributed by atoms with E-state index in [1.807, 2.05) is 0 Å². The summed E-state index contributed by atoms with van der Waals surface area (Å²) in [6.07, 6.45) is 4.28. The fourth-order valence-electron chi connectivity index (χ4n) is 1.74. The lowest BCUT2D eigenvalue weighted by molar-refractivity contribution is -0.510. The first kappa shape index (κ1) is 8.30. The zero-order chi connectivity index (χ0) is 9.42. The molecule has 13 heavy (non-hydrogen) atoms. The SMILES string of the molecule is CC(C)c1c[n+]2ccccc2n1C. The zero-order valence-corrected chi connectivity index (χ0v) is 8.36. The number of imidazole rings is 1. The number of aromatic nitrogens is 2. The van der Waals surface area contributed by atoms with Crippen molar-refractivity contribution >= 4 is 5.65 Å². The summed E-state index contributed by atoms with van der Waals surface area (Å²) in [6, 6.07) is 6.25. The van der Waals surface area contributed by atoms with Crippen LogP contribution in [0.15, 0.2) is 30.6 Å². The predicted molar refractivity (Wildman–Crippen MR) is 52.7 cm³/mol. The minimum atomic E-state index is 0.574. The second kappa shape index (κ2) is 2.87. The average molecular weight is 175 g/mol. The summed E-state index contributed by atoms with van der Waals surface area (Å²) in [7, 11) is 2.12. The molecule has 2 heteroatoms. The molecule has 2 rings (SSSR count). The van der Waals surface area contributed by atoms with Crippen LogP contribution in [0.4, 0.5) is 0 Å². The van der Waals surface area contributed by atoms with Crippen LogP contribution < -0.4 is 4.40 Å². The van der Waals surface area contributed by atoms with Gasteiger partial charge in [-0.15, -0.1) is 0 Å². The molecule has 0 N–H and O–H groups in total. The smallest absolute Gasteiger partial charge is 0.230 e. The van der Waals surface area contributed by atoms with E-state index in [1.54, 1.807) is 0 Å². The molecule has 0 amide bonds. The Morgan fingerprint density at radius 3 is 2.69 bits per heavy atom. The largest absolute Gasteiger partial charge is 0.286 e. The fourth-order valence-corrected chi connectivity index (χ4v) is 1.74. The van der Waals surface area contributed by atoms with Crippen molar-refractivity contribution in [3.63, 3.8) is 0 Å². The molecule has 0 aliphatic heterocycles. The van der Waals surface area contributed by atoms with E-state index < -0.39 is 0 Å². The van der Waals surface area contributed by atoms with Gasteiger partial charge in [-0.1, -0.05) is 19.9 Å². The van der Waals surface area contributed by atoms with E-state index in [0.29, 0.717) is 5.92 Å².